The Labute approximate surface area is 186 Å². The first kappa shape index (κ1) is 19.3. The minimum atomic E-state index is -0.555. The highest BCUT2D eigenvalue weighted by Gasteiger charge is 2.21. The fourth-order valence-corrected chi connectivity index (χ4v) is 4.35. The van der Waals surface area contributed by atoms with Crippen LogP contribution in [0, 0.1) is 4.77 Å². The number of nitrogens with one attached hydrogen (secondary N) is 2. The molecule has 31 heavy (non-hydrogen) atoms. The third kappa shape index (κ3) is 3.56. The Bertz CT molecular complexity index is 1410. The molecule has 0 radical (unpaired) electrons. The van der Waals surface area contributed by atoms with Crippen LogP contribution in [-0.4, -0.2) is 35.2 Å². The van der Waals surface area contributed by atoms with Crippen molar-refractivity contribution >= 4 is 46.2 Å². The number of para-hydroxylation sites is 2. The summed E-state index contributed by atoms with van der Waals surface area (Å²) in [7, 11) is 0. The lowest BCUT2D eigenvalue weighted by molar-refractivity contribution is -0.118. The molecule has 0 bridgehead atoms. The molecular formula is C21H17N7OS2. The Hall–Kier alpha value is -3.63. The third-order valence-corrected chi connectivity index (χ3v) is 6.08. The number of thiophene rings is 1. The molecule has 5 rings (SSSR count). The Kier molecular flexibility index (Phi) is 4.92. The second-order valence-corrected chi connectivity index (χ2v) is 8.21. The van der Waals surface area contributed by atoms with Gasteiger partial charge in [0.2, 0.25) is 5.91 Å². The van der Waals surface area contributed by atoms with Crippen molar-refractivity contribution in [2.75, 3.05) is 5.32 Å². The first-order valence-electron chi connectivity index (χ1n) is 9.52. The summed E-state index contributed by atoms with van der Waals surface area (Å²) >= 11 is 6.90. The molecule has 1 amide bonds. The Morgan fingerprint density at radius 3 is 2.81 bits per heavy atom. The molecule has 0 fully saturated rings. The van der Waals surface area contributed by atoms with Crippen molar-refractivity contribution in [2.24, 2.45) is 0 Å². The molecule has 1 aromatic carbocycles. The van der Waals surface area contributed by atoms with E-state index >= 15 is 0 Å². The van der Waals surface area contributed by atoms with Gasteiger partial charge in [0.1, 0.15) is 18.2 Å². The molecule has 1 unspecified atom stereocenters. The summed E-state index contributed by atoms with van der Waals surface area (Å²) in [5, 5.41) is 11.9. The SMILES string of the molecule is CC(C(=O)Nc1ccc(-n2cnc3ccccc32)nc1)n1c(-c2cccs2)n[nH]c1=S. The predicted octanol–water partition coefficient (Wildman–Crippen LogP) is 4.60. The number of hydrogen-bond acceptors (Lipinski definition) is 6. The molecule has 10 heteroatoms. The molecule has 4 heterocycles. The van der Waals surface area contributed by atoms with E-state index in [0.717, 1.165) is 21.7 Å². The van der Waals surface area contributed by atoms with E-state index in [9.17, 15) is 4.79 Å². The van der Waals surface area contributed by atoms with E-state index in [2.05, 4.69) is 25.5 Å². The van der Waals surface area contributed by atoms with E-state index in [1.54, 1.807) is 24.0 Å². The number of anilines is 1. The Morgan fingerprint density at radius 1 is 1.16 bits per heavy atom. The molecule has 0 saturated heterocycles. The van der Waals surface area contributed by atoms with Gasteiger partial charge >= 0.3 is 0 Å². The predicted molar refractivity (Wildman–Crippen MR) is 123 cm³/mol. The van der Waals surface area contributed by atoms with Gasteiger partial charge in [-0.3, -0.25) is 19.0 Å². The van der Waals surface area contributed by atoms with E-state index in [0.29, 0.717) is 16.3 Å². The number of H-pyrrole nitrogens is 1. The molecule has 8 nitrogen and oxygen atoms in total. The van der Waals surface area contributed by atoms with Gasteiger partial charge in [0.15, 0.2) is 10.6 Å². The largest absolute Gasteiger partial charge is 0.323 e. The van der Waals surface area contributed by atoms with E-state index in [1.807, 2.05) is 58.5 Å². The lowest BCUT2D eigenvalue weighted by Gasteiger charge is -2.15. The highest BCUT2D eigenvalue weighted by Crippen LogP contribution is 2.26. The third-order valence-electron chi connectivity index (χ3n) is 4.93. The summed E-state index contributed by atoms with van der Waals surface area (Å²) in [6, 6.07) is 14.8. The topological polar surface area (TPSA) is 93.4 Å². The summed E-state index contributed by atoms with van der Waals surface area (Å²) in [6.07, 6.45) is 3.36. The molecule has 0 spiro atoms. The molecule has 4 aromatic heterocycles. The summed E-state index contributed by atoms with van der Waals surface area (Å²) in [5.41, 5.74) is 2.46. The first-order valence-corrected chi connectivity index (χ1v) is 10.8. The summed E-state index contributed by atoms with van der Waals surface area (Å²) in [5.74, 6) is 1.15. The van der Waals surface area contributed by atoms with Crippen molar-refractivity contribution < 1.29 is 4.79 Å². The van der Waals surface area contributed by atoms with Crippen LogP contribution in [-0.2, 0) is 4.79 Å². The van der Waals surface area contributed by atoms with Crippen molar-refractivity contribution in [1.29, 1.82) is 0 Å². The zero-order valence-electron chi connectivity index (χ0n) is 16.4. The lowest BCUT2D eigenvalue weighted by atomic mass is 10.2. The number of aromatic amines is 1. The number of carbonyl (C=O) groups is 1. The molecule has 0 aliphatic heterocycles. The number of nitrogens with zero attached hydrogens (tertiary/aromatic N) is 5. The molecule has 1 atom stereocenters. The highest BCUT2D eigenvalue weighted by molar-refractivity contribution is 7.71. The fourth-order valence-electron chi connectivity index (χ4n) is 3.35. The molecule has 0 aliphatic carbocycles. The summed E-state index contributed by atoms with van der Waals surface area (Å²) in [6.45, 7) is 1.79. The molecule has 0 saturated carbocycles. The maximum Gasteiger partial charge on any atom is 0.247 e. The van der Waals surface area contributed by atoms with Crippen molar-refractivity contribution in [3.05, 3.63) is 71.2 Å². The van der Waals surface area contributed by atoms with Crippen molar-refractivity contribution in [1.82, 2.24) is 29.3 Å². The minimum absolute atomic E-state index is 0.210. The van der Waals surface area contributed by atoms with Crippen LogP contribution in [0.1, 0.15) is 13.0 Å². The molecule has 0 aliphatic rings. The highest BCUT2D eigenvalue weighted by atomic mass is 32.1. The van der Waals surface area contributed by atoms with Crippen LogP contribution >= 0.6 is 23.6 Å². The van der Waals surface area contributed by atoms with Gasteiger partial charge in [0, 0.05) is 0 Å². The van der Waals surface area contributed by atoms with Gasteiger partial charge in [-0.2, -0.15) is 5.10 Å². The van der Waals surface area contributed by atoms with Crippen LogP contribution in [0.15, 0.2) is 66.4 Å². The van der Waals surface area contributed by atoms with Gasteiger partial charge in [0.05, 0.1) is 27.8 Å². The fraction of sp³-hybridized carbons (Fsp3) is 0.0952. The summed E-state index contributed by atoms with van der Waals surface area (Å²) in [4.78, 5) is 22.7. The van der Waals surface area contributed by atoms with Crippen LogP contribution in [0.2, 0.25) is 0 Å². The number of amides is 1. The lowest BCUT2D eigenvalue weighted by Crippen LogP contribution is -2.24. The minimum Gasteiger partial charge on any atom is -0.323 e. The number of carbonyl (C=O) groups excluding carboxylic acids is 1. The van der Waals surface area contributed by atoms with Crippen LogP contribution in [0.5, 0.6) is 0 Å². The maximum absolute atomic E-state index is 12.9. The Balaban J connectivity index is 1.37. The van der Waals surface area contributed by atoms with Crippen LogP contribution in [0.25, 0.3) is 27.6 Å². The van der Waals surface area contributed by atoms with Crippen LogP contribution in [0.3, 0.4) is 0 Å². The van der Waals surface area contributed by atoms with Crippen molar-refractivity contribution in [3.8, 4) is 16.5 Å². The summed E-state index contributed by atoms with van der Waals surface area (Å²) < 4.78 is 4.02. The van der Waals surface area contributed by atoms with Crippen molar-refractivity contribution in [2.45, 2.75) is 13.0 Å². The maximum atomic E-state index is 12.9. The van der Waals surface area contributed by atoms with E-state index in [1.165, 1.54) is 11.3 Å². The standard InChI is InChI=1S/C21H17N7OS2/c1-13(28-19(25-26-21(28)30)17-7-4-10-31-17)20(29)24-14-8-9-18(22-11-14)27-12-23-15-5-2-3-6-16(15)27/h2-13H,1H3,(H,24,29)(H,26,30). The van der Waals surface area contributed by atoms with E-state index < -0.39 is 6.04 Å². The number of benzene rings is 1. The Morgan fingerprint density at radius 2 is 2.03 bits per heavy atom. The number of imidazole rings is 1. The number of aromatic nitrogens is 6. The molecule has 154 valence electrons. The second kappa shape index (κ2) is 7.89. The van der Waals surface area contributed by atoms with Crippen LogP contribution < -0.4 is 5.32 Å². The van der Waals surface area contributed by atoms with Gasteiger partial charge in [-0.1, -0.05) is 18.2 Å². The average Bonchev–Trinajstić information content (AvgIpc) is 3.53. The van der Waals surface area contributed by atoms with Crippen molar-refractivity contribution in [3.63, 3.8) is 0 Å². The normalized spacial score (nSPS) is 12.2. The smallest absolute Gasteiger partial charge is 0.247 e. The van der Waals surface area contributed by atoms with E-state index in [4.69, 9.17) is 12.2 Å². The number of hydrogen-bond donors (Lipinski definition) is 2. The average molecular weight is 448 g/mol. The van der Waals surface area contributed by atoms with Crippen LogP contribution in [0.4, 0.5) is 5.69 Å². The number of rotatable bonds is 5. The van der Waals surface area contributed by atoms with Gasteiger partial charge in [0.25, 0.3) is 0 Å². The van der Waals surface area contributed by atoms with Gasteiger partial charge < -0.3 is 5.32 Å². The quantitative estimate of drug-likeness (QED) is 0.384. The number of fused-ring (bicyclic) bond motifs is 1. The first-order chi connectivity index (χ1) is 15.1. The zero-order chi connectivity index (χ0) is 21.4. The van der Waals surface area contributed by atoms with E-state index in [-0.39, 0.29) is 5.91 Å². The number of pyridine rings is 1. The molecular weight excluding hydrogens is 430 g/mol. The second-order valence-electron chi connectivity index (χ2n) is 6.87. The van der Waals surface area contributed by atoms with Gasteiger partial charge in [-0.15, -0.1) is 11.3 Å². The van der Waals surface area contributed by atoms with Gasteiger partial charge in [-0.25, -0.2) is 9.97 Å². The van der Waals surface area contributed by atoms with Gasteiger partial charge in [-0.05, 0) is 54.9 Å². The molecule has 2 N–H and O–H groups in total. The monoisotopic (exact) mass is 447 g/mol. The zero-order valence-corrected chi connectivity index (χ0v) is 18.0. The molecule has 5 aromatic rings.